The zero-order valence-electron chi connectivity index (χ0n) is 10.2. The van der Waals surface area contributed by atoms with Crippen LogP contribution in [0, 0.1) is 11.6 Å². The van der Waals surface area contributed by atoms with Gasteiger partial charge in [-0.05, 0) is 38.6 Å². The zero-order chi connectivity index (χ0) is 13.0. The SMILES string of the molecule is CNC(C)CC(C)S(=O)c1ccc(F)c(F)c1. The molecule has 5 heteroatoms. The third kappa shape index (κ3) is 3.85. The van der Waals surface area contributed by atoms with Crippen LogP contribution in [0.2, 0.25) is 0 Å². The van der Waals surface area contributed by atoms with Crippen molar-refractivity contribution in [1.29, 1.82) is 0 Å². The standard InChI is InChI=1S/C12H17F2NOS/c1-8(15-3)6-9(2)17(16)10-4-5-11(13)12(14)7-10/h4-5,7-9,15H,6H2,1-3H3. The number of nitrogens with one attached hydrogen (secondary N) is 1. The molecule has 0 saturated heterocycles. The summed E-state index contributed by atoms with van der Waals surface area (Å²) in [6.45, 7) is 3.82. The fourth-order valence-corrected chi connectivity index (χ4v) is 2.89. The molecule has 0 aromatic heterocycles. The lowest BCUT2D eigenvalue weighted by molar-refractivity contribution is 0.505. The van der Waals surface area contributed by atoms with Gasteiger partial charge < -0.3 is 5.32 Å². The van der Waals surface area contributed by atoms with E-state index >= 15 is 0 Å². The van der Waals surface area contributed by atoms with Crippen molar-refractivity contribution >= 4 is 10.8 Å². The Morgan fingerprint density at radius 1 is 1.29 bits per heavy atom. The number of hydrogen-bond donors (Lipinski definition) is 1. The molecule has 0 radical (unpaired) electrons. The van der Waals surface area contributed by atoms with Crippen LogP contribution in [0.1, 0.15) is 20.3 Å². The highest BCUT2D eigenvalue weighted by atomic mass is 32.2. The fourth-order valence-electron chi connectivity index (χ4n) is 1.54. The first-order chi connectivity index (χ1) is 7.95. The molecule has 0 spiro atoms. The van der Waals surface area contributed by atoms with E-state index in [9.17, 15) is 13.0 Å². The van der Waals surface area contributed by atoms with Gasteiger partial charge in [0.15, 0.2) is 11.6 Å². The molecule has 17 heavy (non-hydrogen) atoms. The average molecular weight is 261 g/mol. The third-order valence-corrected chi connectivity index (χ3v) is 4.31. The zero-order valence-corrected chi connectivity index (χ0v) is 11.0. The monoisotopic (exact) mass is 261 g/mol. The number of hydrogen-bond acceptors (Lipinski definition) is 2. The smallest absolute Gasteiger partial charge is 0.160 e. The highest BCUT2D eigenvalue weighted by molar-refractivity contribution is 7.85. The molecular weight excluding hydrogens is 244 g/mol. The molecule has 2 nitrogen and oxygen atoms in total. The second-order valence-electron chi connectivity index (χ2n) is 4.11. The van der Waals surface area contributed by atoms with Crippen molar-refractivity contribution in [3.8, 4) is 0 Å². The van der Waals surface area contributed by atoms with E-state index in [0.717, 1.165) is 12.1 Å². The quantitative estimate of drug-likeness (QED) is 0.882. The van der Waals surface area contributed by atoms with Crippen LogP contribution in [0.15, 0.2) is 23.1 Å². The lowest BCUT2D eigenvalue weighted by Gasteiger charge is -2.16. The van der Waals surface area contributed by atoms with Gasteiger partial charge in [-0.25, -0.2) is 8.78 Å². The van der Waals surface area contributed by atoms with Gasteiger partial charge in [-0.3, -0.25) is 4.21 Å². The minimum Gasteiger partial charge on any atom is -0.317 e. The first-order valence-electron chi connectivity index (χ1n) is 5.48. The van der Waals surface area contributed by atoms with E-state index in [-0.39, 0.29) is 11.3 Å². The molecule has 1 rings (SSSR count). The molecule has 0 aliphatic rings. The van der Waals surface area contributed by atoms with E-state index in [1.807, 2.05) is 20.9 Å². The van der Waals surface area contributed by atoms with Crippen LogP contribution in [0.25, 0.3) is 0 Å². The summed E-state index contributed by atoms with van der Waals surface area (Å²) in [5.41, 5.74) is 0. The lowest BCUT2D eigenvalue weighted by atomic mass is 10.2. The molecule has 0 fully saturated rings. The van der Waals surface area contributed by atoms with Gasteiger partial charge in [-0.1, -0.05) is 6.92 Å². The molecule has 0 heterocycles. The molecule has 3 atom stereocenters. The molecule has 0 saturated carbocycles. The van der Waals surface area contributed by atoms with Gasteiger partial charge in [0.2, 0.25) is 0 Å². The summed E-state index contributed by atoms with van der Waals surface area (Å²) in [5, 5.41) is 2.95. The fraction of sp³-hybridized carbons (Fsp3) is 0.500. The Morgan fingerprint density at radius 3 is 2.47 bits per heavy atom. The maximum absolute atomic E-state index is 13.0. The van der Waals surface area contributed by atoms with Crippen LogP contribution >= 0.6 is 0 Å². The van der Waals surface area contributed by atoms with Crippen molar-refractivity contribution in [2.24, 2.45) is 0 Å². The third-order valence-electron chi connectivity index (χ3n) is 2.67. The van der Waals surface area contributed by atoms with Crippen LogP contribution in [-0.2, 0) is 10.8 Å². The van der Waals surface area contributed by atoms with Crippen molar-refractivity contribution in [2.75, 3.05) is 7.05 Å². The van der Waals surface area contributed by atoms with Crippen molar-refractivity contribution in [2.45, 2.75) is 36.5 Å². The van der Waals surface area contributed by atoms with Crippen LogP contribution in [0.4, 0.5) is 8.78 Å². The van der Waals surface area contributed by atoms with E-state index < -0.39 is 22.4 Å². The van der Waals surface area contributed by atoms with Crippen molar-refractivity contribution in [1.82, 2.24) is 5.32 Å². The van der Waals surface area contributed by atoms with Gasteiger partial charge in [0.1, 0.15) is 0 Å². The summed E-state index contributed by atoms with van der Waals surface area (Å²) in [5.74, 6) is -1.87. The van der Waals surface area contributed by atoms with E-state index in [1.165, 1.54) is 6.07 Å². The second kappa shape index (κ2) is 6.21. The van der Waals surface area contributed by atoms with Crippen molar-refractivity contribution < 1.29 is 13.0 Å². The predicted molar refractivity (Wildman–Crippen MR) is 65.4 cm³/mol. The summed E-state index contributed by atoms with van der Waals surface area (Å²) in [6, 6.07) is 3.62. The molecule has 1 aromatic rings. The van der Waals surface area contributed by atoms with Gasteiger partial charge in [0.25, 0.3) is 0 Å². The number of benzene rings is 1. The Kier molecular flexibility index (Phi) is 5.21. The second-order valence-corrected chi connectivity index (χ2v) is 5.98. The van der Waals surface area contributed by atoms with E-state index in [2.05, 4.69) is 5.32 Å². The Labute approximate surface area is 103 Å². The van der Waals surface area contributed by atoms with Crippen molar-refractivity contribution in [3.05, 3.63) is 29.8 Å². The first-order valence-corrected chi connectivity index (χ1v) is 6.70. The van der Waals surface area contributed by atoms with Gasteiger partial charge in [-0.15, -0.1) is 0 Å². The largest absolute Gasteiger partial charge is 0.317 e. The van der Waals surface area contributed by atoms with E-state index in [1.54, 1.807) is 0 Å². The van der Waals surface area contributed by atoms with Crippen LogP contribution in [0.5, 0.6) is 0 Å². The number of halogens is 2. The summed E-state index contributed by atoms with van der Waals surface area (Å²) in [6.07, 6.45) is 0.710. The minimum atomic E-state index is -1.32. The molecule has 1 N–H and O–H groups in total. The molecule has 0 aliphatic heterocycles. The Morgan fingerprint density at radius 2 is 1.94 bits per heavy atom. The van der Waals surface area contributed by atoms with Gasteiger partial charge in [0, 0.05) is 16.2 Å². The van der Waals surface area contributed by atoms with Crippen molar-refractivity contribution in [3.63, 3.8) is 0 Å². The Balaban J connectivity index is 2.78. The van der Waals surface area contributed by atoms with Gasteiger partial charge in [-0.2, -0.15) is 0 Å². The van der Waals surface area contributed by atoms with E-state index in [0.29, 0.717) is 11.3 Å². The molecule has 1 aromatic carbocycles. The van der Waals surface area contributed by atoms with Crippen LogP contribution < -0.4 is 5.32 Å². The average Bonchev–Trinajstić information content (AvgIpc) is 2.31. The van der Waals surface area contributed by atoms with Crippen LogP contribution in [0.3, 0.4) is 0 Å². The summed E-state index contributed by atoms with van der Waals surface area (Å²) in [4.78, 5) is 0.333. The highest BCUT2D eigenvalue weighted by Gasteiger charge is 2.17. The van der Waals surface area contributed by atoms with Gasteiger partial charge in [0.05, 0.1) is 10.8 Å². The summed E-state index contributed by atoms with van der Waals surface area (Å²) < 4.78 is 37.8. The lowest BCUT2D eigenvalue weighted by Crippen LogP contribution is -2.27. The Bertz CT molecular complexity index is 411. The molecule has 3 unspecified atom stereocenters. The predicted octanol–water partition coefficient (Wildman–Crippen LogP) is 2.46. The molecule has 96 valence electrons. The Hall–Kier alpha value is -0.810. The molecule has 0 amide bonds. The summed E-state index contributed by atoms with van der Waals surface area (Å²) >= 11 is 0. The topological polar surface area (TPSA) is 29.1 Å². The highest BCUT2D eigenvalue weighted by Crippen LogP contribution is 2.17. The minimum absolute atomic E-state index is 0.109. The van der Waals surface area contributed by atoms with Gasteiger partial charge >= 0.3 is 0 Å². The first kappa shape index (κ1) is 14.3. The molecule has 0 aliphatic carbocycles. The molecule has 0 bridgehead atoms. The maximum Gasteiger partial charge on any atom is 0.160 e. The van der Waals surface area contributed by atoms with E-state index in [4.69, 9.17) is 0 Å². The maximum atomic E-state index is 13.0. The van der Waals surface area contributed by atoms with Crippen LogP contribution in [-0.4, -0.2) is 22.5 Å². The number of rotatable bonds is 5. The normalized spacial score (nSPS) is 16.5. The molecular formula is C12H17F2NOS. The summed E-state index contributed by atoms with van der Waals surface area (Å²) in [7, 11) is 0.516.